The molecule has 0 amide bonds. The molecule has 1 aromatic carbocycles. The van der Waals surface area contributed by atoms with Gasteiger partial charge in [-0.05, 0) is 18.6 Å². The molecule has 1 unspecified atom stereocenters. The van der Waals surface area contributed by atoms with E-state index in [0.29, 0.717) is 31.1 Å². The highest BCUT2D eigenvalue weighted by Crippen LogP contribution is 2.31. The summed E-state index contributed by atoms with van der Waals surface area (Å²) in [5, 5.41) is 9.62. The molecular formula is C14H21NO5S. The van der Waals surface area contributed by atoms with Crippen molar-refractivity contribution in [2.24, 2.45) is 0 Å². The summed E-state index contributed by atoms with van der Waals surface area (Å²) in [6.45, 7) is 2.99. The highest BCUT2D eigenvalue weighted by molar-refractivity contribution is 7.89. The third-order valence-corrected chi connectivity index (χ3v) is 4.58. The number of rotatable bonds is 6. The van der Waals surface area contributed by atoms with E-state index in [-0.39, 0.29) is 11.4 Å². The van der Waals surface area contributed by atoms with E-state index in [1.165, 1.54) is 12.1 Å². The van der Waals surface area contributed by atoms with Crippen LogP contribution in [-0.4, -0.2) is 39.4 Å². The lowest BCUT2D eigenvalue weighted by atomic mass is 10.2. The van der Waals surface area contributed by atoms with Crippen LogP contribution in [0.2, 0.25) is 0 Å². The van der Waals surface area contributed by atoms with Gasteiger partial charge in [0.2, 0.25) is 10.0 Å². The molecular weight excluding hydrogens is 294 g/mol. The Balaban J connectivity index is 2.11. The minimum atomic E-state index is -3.66. The zero-order valence-electron chi connectivity index (χ0n) is 12.0. The number of benzene rings is 1. The van der Waals surface area contributed by atoms with Crippen LogP contribution in [0.1, 0.15) is 26.2 Å². The number of aliphatic hydroxyl groups is 1. The second kappa shape index (κ2) is 7.11. The smallest absolute Gasteiger partial charge is 0.240 e. The molecule has 0 radical (unpaired) electrons. The van der Waals surface area contributed by atoms with Crippen molar-refractivity contribution in [3.05, 3.63) is 18.2 Å². The zero-order valence-corrected chi connectivity index (χ0v) is 12.9. The molecule has 2 rings (SSSR count). The Bertz CT molecular complexity index is 573. The van der Waals surface area contributed by atoms with Crippen LogP contribution >= 0.6 is 0 Å². The predicted octanol–water partition coefficient (Wildman–Crippen LogP) is 1.29. The summed E-state index contributed by atoms with van der Waals surface area (Å²) in [4.78, 5) is 0.107. The standard InChI is InChI=1S/C14H21NO5S/c1-2-4-11(16)10-15-21(17,18)12-5-6-13-14(9-12)20-8-3-7-19-13/h5-6,9,11,15-16H,2-4,7-8,10H2,1H3. The maximum Gasteiger partial charge on any atom is 0.240 e. The van der Waals surface area contributed by atoms with Crippen molar-refractivity contribution >= 4 is 10.0 Å². The molecule has 1 aliphatic rings. The van der Waals surface area contributed by atoms with Crippen LogP contribution in [0.3, 0.4) is 0 Å². The Morgan fingerprint density at radius 2 is 2.00 bits per heavy atom. The molecule has 1 atom stereocenters. The van der Waals surface area contributed by atoms with Crippen LogP contribution in [0, 0.1) is 0 Å². The summed E-state index contributed by atoms with van der Waals surface area (Å²) >= 11 is 0. The van der Waals surface area contributed by atoms with Crippen molar-refractivity contribution in [3.8, 4) is 11.5 Å². The average molecular weight is 315 g/mol. The van der Waals surface area contributed by atoms with Gasteiger partial charge in [-0.2, -0.15) is 0 Å². The van der Waals surface area contributed by atoms with E-state index in [1.54, 1.807) is 6.07 Å². The second-order valence-corrected chi connectivity index (χ2v) is 6.72. The Hall–Kier alpha value is -1.31. The van der Waals surface area contributed by atoms with E-state index in [1.807, 2.05) is 6.92 Å². The summed E-state index contributed by atoms with van der Waals surface area (Å²) in [6, 6.07) is 4.52. The lowest BCUT2D eigenvalue weighted by molar-refractivity contribution is 0.167. The predicted molar refractivity (Wildman–Crippen MR) is 78.2 cm³/mol. The van der Waals surface area contributed by atoms with Gasteiger partial charge in [0, 0.05) is 19.0 Å². The van der Waals surface area contributed by atoms with Gasteiger partial charge in [0.1, 0.15) is 0 Å². The van der Waals surface area contributed by atoms with Gasteiger partial charge >= 0.3 is 0 Å². The molecule has 1 aromatic rings. The molecule has 0 bridgehead atoms. The van der Waals surface area contributed by atoms with E-state index >= 15 is 0 Å². The van der Waals surface area contributed by atoms with Gasteiger partial charge in [0.05, 0.1) is 24.2 Å². The van der Waals surface area contributed by atoms with Crippen LogP contribution < -0.4 is 14.2 Å². The first-order valence-corrected chi connectivity index (χ1v) is 8.58. The van der Waals surface area contributed by atoms with Gasteiger partial charge in [0.25, 0.3) is 0 Å². The number of fused-ring (bicyclic) bond motifs is 1. The summed E-state index contributed by atoms with van der Waals surface area (Å²) in [5.74, 6) is 0.988. The Morgan fingerprint density at radius 1 is 1.29 bits per heavy atom. The highest BCUT2D eigenvalue weighted by Gasteiger charge is 2.19. The molecule has 118 valence electrons. The normalized spacial score (nSPS) is 16.3. The molecule has 2 N–H and O–H groups in total. The fourth-order valence-corrected chi connectivity index (χ4v) is 3.12. The van der Waals surface area contributed by atoms with Gasteiger partial charge in [-0.1, -0.05) is 13.3 Å². The van der Waals surface area contributed by atoms with E-state index in [2.05, 4.69) is 4.72 Å². The Labute approximate surface area is 125 Å². The van der Waals surface area contributed by atoms with Crippen LogP contribution in [0.4, 0.5) is 0 Å². The van der Waals surface area contributed by atoms with E-state index in [0.717, 1.165) is 12.8 Å². The molecule has 6 nitrogen and oxygen atoms in total. The zero-order chi connectivity index (χ0) is 15.3. The molecule has 7 heteroatoms. The third-order valence-electron chi connectivity index (χ3n) is 3.16. The lowest BCUT2D eigenvalue weighted by Crippen LogP contribution is -2.32. The molecule has 0 aliphatic carbocycles. The fourth-order valence-electron chi connectivity index (χ4n) is 2.04. The molecule has 21 heavy (non-hydrogen) atoms. The number of sulfonamides is 1. The largest absolute Gasteiger partial charge is 0.490 e. The average Bonchev–Trinajstić information content (AvgIpc) is 2.70. The van der Waals surface area contributed by atoms with Crippen LogP contribution in [-0.2, 0) is 10.0 Å². The quantitative estimate of drug-likeness (QED) is 0.826. The van der Waals surface area contributed by atoms with E-state index in [9.17, 15) is 13.5 Å². The minimum absolute atomic E-state index is 0.00458. The van der Waals surface area contributed by atoms with Gasteiger partial charge in [0.15, 0.2) is 11.5 Å². The minimum Gasteiger partial charge on any atom is -0.490 e. The van der Waals surface area contributed by atoms with Crippen molar-refractivity contribution in [3.63, 3.8) is 0 Å². The maximum absolute atomic E-state index is 12.2. The van der Waals surface area contributed by atoms with Crippen molar-refractivity contribution < 1.29 is 23.0 Å². The van der Waals surface area contributed by atoms with Gasteiger partial charge < -0.3 is 14.6 Å². The van der Waals surface area contributed by atoms with Crippen molar-refractivity contribution in [1.29, 1.82) is 0 Å². The molecule has 1 aliphatic heterocycles. The number of ether oxygens (including phenoxy) is 2. The molecule has 0 saturated carbocycles. The summed E-state index contributed by atoms with van der Waals surface area (Å²) in [6.07, 6.45) is 1.44. The number of nitrogens with one attached hydrogen (secondary N) is 1. The van der Waals surface area contributed by atoms with Gasteiger partial charge in [-0.15, -0.1) is 0 Å². The number of hydrogen-bond donors (Lipinski definition) is 2. The Kier molecular flexibility index (Phi) is 5.44. The summed E-state index contributed by atoms with van der Waals surface area (Å²) < 4.78 is 37.7. The van der Waals surface area contributed by atoms with Crippen LogP contribution in [0.15, 0.2) is 23.1 Å². The summed E-state index contributed by atoms with van der Waals surface area (Å²) in [5.41, 5.74) is 0. The van der Waals surface area contributed by atoms with E-state index < -0.39 is 16.1 Å². The number of aliphatic hydroxyl groups excluding tert-OH is 1. The van der Waals surface area contributed by atoms with Crippen LogP contribution in [0.5, 0.6) is 11.5 Å². The Morgan fingerprint density at radius 3 is 2.71 bits per heavy atom. The SMILES string of the molecule is CCCC(O)CNS(=O)(=O)c1ccc2c(c1)OCCCO2. The third kappa shape index (κ3) is 4.33. The molecule has 0 saturated heterocycles. The monoisotopic (exact) mass is 315 g/mol. The highest BCUT2D eigenvalue weighted by atomic mass is 32.2. The molecule has 0 aromatic heterocycles. The van der Waals surface area contributed by atoms with Gasteiger partial charge in [-0.3, -0.25) is 0 Å². The first kappa shape index (κ1) is 16.1. The molecule has 0 fully saturated rings. The maximum atomic E-state index is 12.2. The topological polar surface area (TPSA) is 84.9 Å². The second-order valence-electron chi connectivity index (χ2n) is 4.95. The van der Waals surface area contributed by atoms with Gasteiger partial charge in [-0.25, -0.2) is 13.1 Å². The van der Waals surface area contributed by atoms with E-state index in [4.69, 9.17) is 9.47 Å². The van der Waals surface area contributed by atoms with Crippen molar-refractivity contribution in [2.75, 3.05) is 19.8 Å². The fraction of sp³-hybridized carbons (Fsp3) is 0.571. The molecule has 0 spiro atoms. The number of hydrogen-bond acceptors (Lipinski definition) is 5. The lowest BCUT2D eigenvalue weighted by Gasteiger charge is -2.13. The summed E-state index contributed by atoms with van der Waals surface area (Å²) in [7, 11) is -3.66. The molecule has 1 heterocycles. The first-order valence-electron chi connectivity index (χ1n) is 7.10. The van der Waals surface area contributed by atoms with Crippen molar-refractivity contribution in [1.82, 2.24) is 4.72 Å². The first-order chi connectivity index (χ1) is 10.0. The van der Waals surface area contributed by atoms with Crippen LogP contribution in [0.25, 0.3) is 0 Å². The van der Waals surface area contributed by atoms with Crippen molar-refractivity contribution in [2.45, 2.75) is 37.2 Å².